The van der Waals surface area contributed by atoms with Crippen molar-refractivity contribution in [1.29, 1.82) is 5.26 Å². The number of benzene rings is 3. The van der Waals surface area contributed by atoms with Gasteiger partial charge in [-0.3, -0.25) is 0 Å². The lowest BCUT2D eigenvalue weighted by molar-refractivity contribution is 0.330. The fraction of sp³-hybridized carbons (Fsp3) is 0.0952. The number of hydrogen-bond donors (Lipinski definition) is 0. The van der Waals surface area contributed by atoms with E-state index in [0.717, 1.165) is 12.1 Å². The Morgan fingerprint density at radius 2 is 1.64 bits per heavy atom. The van der Waals surface area contributed by atoms with Gasteiger partial charge in [0, 0.05) is 18.1 Å². The number of sulfone groups is 1. The summed E-state index contributed by atoms with van der Waals surface area (Å²) in [4.78, 5) is -0.149. The third-order valence-corrected chi connectivity index (χ3v) is 6.07. The lowest BCUT2D eigenvalue weighted by Gasteiger charge is -2.11. The Morgan fingerprint density at radius 3 is 2.29 bits per heavy atom. The molecule has 3 aromatic rings. The van der Waals surface area contributed by atoms with E-state index in [9.17, 15) is 21.6 Å². The Labute approximate surface area is 160 Å². The third-order valence-electron chi connectivity index (χ3n) is 4.25. The number of nitriles is 1. The first kappa shape index (κ1) is 19.6. The van der Waals surface area contributed by atoms with E-state index < -0.39 is 27.6 Å². The average Bonchev–Trinajstić information content (AvgIpc) is 2.68. The molecule has 3 nitrogen and oxygen atoms in total. The summed E-state index contributed by atoms with van der Waals surface area (Å²) in [5.74, 6) is -1.76. The third kappa shape index (κ3) is 3.92. The number of rotatable bonds is 5. The van der Waals surface area contributed by atoms with Crippen molar-refractivity contribution in [2.75, 3.05) is 0 Å². The average molecular weight is 401 g/mol. The molecule has 0 saturated heterocycles. The number of nitrogens with zero attached hydrogens (tertiary/aromatic N) is 1. The van der Waals surface area contributed by atoms with Gasteiger partial charge in [-0.1, -0.05) is 30.3 Å². The minimum atomic E-state index is -3.91. The van der Waals surface area contributed by atoms with E-state index >= 15 is 0 Å². The van der Waals surface area contributed by atoms with Crippen LogP contribution in [0.4, 0.5) is 13.2 Å². The van der Waals surface area contributed by atoms with Gasteiger partial charge >= 0.3 is 0 Å². The second-order valence-corrected chi connectivity index (χ2v) is 8.01. The van der Waals surface area contributed by atoms with Crippen LogP contribution in [0.2, 0.25) is 0 Å². The van der Waals surface area contributed by atoms with Crippen molar-refractivity contribution >= 4 is 9.84 Å². The number of alkyl halides is 1. The van der Waals surface area contributed by atoms with Crippen LogP contribution >= 0.6 is 0 Å². The molecule has 0 radical (unpaired) electrons. The SMILES string of the molecule is N#Cc1ccccc1S(=O)(=O)c1ccc(CC(F)c2ccc(F)cc2F)cc1. The second kappa shape index (κ2) is 7.87. The molecule has 3 aromatic carbocycles. The Hall–Kier alpha value is -3.11. The molecule has 0 bridgehead atoms. The fourth-order valence-corrected chi connectivity index (χ4v) is 4.21. The van der Waals surface area contributed by atoms with Crippen LogP contribution in [0.3, 0.4) is 0 Å². The van der Waals surface area contributed by atoms with Gasteiger partial charge in [-0.25, -0.2) is 21.6 Å². The van der Waals surface area contributed by atoms with Crippen molar-refractivity contribution in [1.82, 2.24) is 0 Å². The number of hydrogen-bond acceptors (Lipinski definition) is 3. The van der Waals surface area contributed by atoms with Crippen LogP contribution < -0.4 is 0 Å². The maximum Gasteiger partial charge on any atom is 0.207 e. The number of halogens is 3. The van der Waals surface area contributed by atoms with E-state index in [1.807, 2.05) is 6.07 Å². The largest absolute Gasteiger partial charge is 0.242 e. The van der Waals surface area contributed by atoms with Gasteiger partial charge in [0.2, 0.25) is 9.84 Å². The molecule has 28 heavy (non-hydrogen) atoms. The quantitative estimate of drug-likeness (QED) is 0.610. The standard InChI is InChI=1S/C21H14F3NO2S/c22-16-7-10-18(20(24)12-16)19(23)11-14-5-8-17(9-6-14)28(26,27)21-4-2-1-3-15(21)13-25/h1-10,12,19H,11H2. The van der Waals surface area contributed by atoms with Crippen molar-refractivity contribution in [2.24, 2.45) is 0 Å². The van der Waals surface area contributed by atoms with Crippen molar-refractivity contribution in [3.63, 3.8) is 0 Å². The molecule has 0 aromatic heterocycles. The summed E-state index contributed by atoms with van der Waals surface area (Å²) < 4.78 is 66.5. The van der Waals surface area contributed by atoms with Crippen LogP contribution in [0.25, 0.3) is 0 Å². The highest BCUT2D eigenvalue weighted by Gasteiger charge is 2.22. The normalized spacial score (nSPS) is 12.4. The Kier molecular flexibility index (Phi) is 5.52. The van der Waals surface area contributed by atoms with Crippen molar-refractivity contribution in [3.8, 4) is 6.07 Å². The van der Waals surface area contributed by atoms with Crippen molar-refractivity contribution in [2.45, 2.75) is 22.4 Å². The van der Waals surface area contributed by atoms with Gasteiger partial charge in [0.15, 0.2) is 0 Å². The smallest absolute Gasteiger partial charge is 0.207 e. The zero-order chi connectivity index (χ0) is 20.3. The molecule has 3 rings (SSSR count). The summed E-state index contributed by atoms with van der Waals surface area (Å²) in [5.41, 5.74) is 0.215. The molecule has 142 valence electrons. The molecule has 0 aliphatic heterocycles. The molecule has 1 unspecified atom stereocenters. The van der Waals surface area contributed by atoms with Crippen LogP contribution in [-0.2, 0) is 16.3 Å². The first-order chi connectivity index (χ1) is 13.3. The van der Waals surface area contributed by atoms with Crippen LogP contribution in [0.1, 0.15) is 22.9 Å². The summed E-state index contributed by atoms with van der Waals surface area (Å²) in [6, 6.07) is 15.8. The molecular formula is C21H14F3NO2S. The maximum atomic E-state index is 14.4. The molecule has 7 heteroatoms. The first-order valence-corrected chi connectivity index (χ1v) is 9.73. The van der Waals surface area contributed by atoms with Gasteiger partial charge in [0.25, 0.3) is 0 Å². The molecule has 0 aliphatic carbocycles. The molecule has 1 atom stereocenters. The molecule has 0 aliphatic rings. The fourth-order valence-electron chi connectivity index (χ4n) is 2.80. The summed E-state index contributed by atoms with van der Waals surface area (Å²) in [6.07, 6.45) is -1.90. The van der Waals surface area contributed by atoms with E-state index in [1.54, 1.807) is 6.07 Å². The zero-order valence-corrected chi connectivity index (χ0v) is 15.3. The van der Waals surface area contributed by atoms with Crippen LogP contribution in [0.5, 0.6) is 0 Å². The van der Waals surface area contributed by atoms with Crippen molar-refractivity contribution in [3.05, 3.63) is 95.1 Å². The highest BCUT2D eigenvalue weighted by atomic mass is 32.2. The van der Waals surface area contributed by atoms with E-state index in [0.29, 0.717) is 11.6 Å². The maximum absolute atomic E-state index is 14.4. The van der Waals surface area contributed by atoms with Gasteiger partial charge in [0.1, 0.15) is 23.9 Å². The highest BCUT2D eigenvalue weighted by Crippen LogP contribution is 2.28. The minimum Gasteiger partial charge on any atom is -0.242 e. The molecule has 0 fully saturated rings. The van der Waals surface area contributed by atoms with E-state index in [2.05, 4.69) is 0 Å². The second-order valence-electron chi connectivity index (χ2n) is 6.09. The molecule has 0 saturated carbocycles. The van der Waals surface area contributed by atoms with Crippen LogP contribution in [0, 0.1) is 23.0 Å². The van der Waals surface area contributed by atoms with Crippen LogP contribution in [0.15, 0.2) is 76.5 Å². The molecule has 0 N–H and O–H groups in total. The molecule has 0 spiro atoms. The van der Waals surface area contributed by atoms with Gasteiger partial charge in [-0.2, -0.15) is 5.26 Å². The lowest BCUT2D eigenvalue weighted by atomic mass is 10.0. The van der Waals surface area contributed by atoms with E-state index in [-0.39, 0.29) is 27.3 Å². The van der Waals surface area contributed by atoms with Gasteiger partial charge in [-0.15, -0.1) is 0 Å². The van der Waals surface area contributed by atoms with Gasteiger partial charge < -0.3 is 0 Å². The Morgan fingerprint density at radius 1 is 0.964 bits per heavy atom. The topological polar surface area (TPSA) is 57.9 Å². The Bertz CT molecular complexity index is 1150. The lowest BCUT2D eigenvalue weighted by Crippen LogP contribution is -2.05. The van der Waals surface area contributed by atoms with Crippen LogP contribution in [-0.4, -0.2) is 8.42 Å². The minimum absolute atomic E-state index is 0.0298. The summed E-state index contributed by atoms with van der Waals surface area (Å²) in [6.45, 7) is 0. The monoisotopic (exact) mass is 401 g/mol. The van der Waals surface area contributed by atoms with Crippen molar-refractivity contribution < 1.29 is 21.6 Å². The molecule has 0 amide bonds. The molecule has 0 heterocycles. The van der Waals surface area contributed by atoms with Gasteiger partial charge in [0.05, 0.1) is 15.4 Å². The zero-order valence-electron chi connectivity index (χ0n) is 14.4. The Balaban J connectivity index is 1.84. The predicted molar refractivity (Wildman–Crippen MR) is 97.0 cm³/mol. The molecular weight excluding hydrogens is 387 g/mol. The summed E-state index contributed by atoms with van der Waals surface area (Å²) >= 11 is 0. The summed E-state index contributed by atoms with van der Waals surface area (Å²) in [7, 11) is -3.91. The summed E-state index contributed by atoms with van der Waals surface area (Å²) in [5, 5.41) is 9.11. The predicted octanol–water partition coefficient (Wildman–Crippen LogP) is 4.92. The van der Waals surface area contributed by atoms with E-state index in [1.165, 1.54) is 42.5 Å². The highest BCUT2D eigenvalue weighted by molar-refractivity contribution is 7.91. The van der Waals surface area contributed by atoms with Gasteiger partial charge in [-0.05, 0) is 35.9 Å². The van der Waals surface area contributed by atoms with E-state index in [4.69, 9.17) is 5.26 Å². The first-order valence-electron chi connectivity index (χ1n) is 8.25.